The smallest absolute Gasteiger partial charge is 0.191 e. The summed E-state index contributed by atoms with van der Waals surface area (Å²) in [4.78, 5) is 5.41. The Morgan fingerprint density at radius 1 is 1.52 bits per heavy atom. The summed E-state index contributed by atoms with van der Waals surface area (Å²) in [6.07, 6.45) is -0.589. The highest BCUT2D eigenvalue weighted by molar-refractivity contribution is 7.16. The summed E-state index contributed by atoms with van der Waals surface area (Å²) >= 11 is 7.27. The molecule has 1 aliphatic heterocycles. The van der Waals surface area contributed by atoms with Crippen LogP contribution in [0.3, 0.4) is 0 Å². The number of ether oxygens (including phenoxy) is 1. The molecule has 1 aromatic rings. The van der Waals surface area contributed by atoms with Crippen molar-refractivity contribution >= 4 is 28.9 Å². The number of hydrogen-bond donors (Lipinski definition) is 3. The molecule has 3 N–H and O–H groups in total. The van der Waals surface area contributed by atoms with Crippen LogP contribution in [0.5, 0.6) is 0 Å². The lowest BCUT2D eigenvalue weighted by molar-refractivity contribution is -0.0945. The van der Waals surface area contributed by atoms with Gasteiger partial charge in [-0.05, 0) is 19.1 Å². The van der Waals surface area contributed by atoms with E-state index < -0.39 is 6.10 Å². The van der Waals surface area contributed by atoms with E-state index in [1.54, 1.807) is 6.07 Å². The van der Waals surface area contributed by atoms with Crippen LogP contribution >= 0.6 is 22.9 Å². The molecule has 118 valence electrons. The quantitative estimate of drug-likeness (QED) is 0.551. The summed E-state index contributed by atoms with van der Waals surface area (Å²) in [6, 6.07) is 3.64. The molecule has 0 aliphatic carbocycles. The predicted molar refractivity (Wildman–Crippen MR) is 87.2 cm³/mol. The summed E-state index contributed by atoms with van der Waals surface area (Å²) < 4.78 is 5.91. The monoisotopic (exact) mass is 331 g/mol. The number of nitrogens with one attached hydrogen (secondary N) is 2. The number of halogens is 1. The van der Waals surface area contributed by atoms with Crippen molar-refractivity contribution < 1.29 is 9.84 Å². The van der Waals surface area contributed by atoms with Gasteiger partial charge >= 0.3 is 0 Å². The van der Waals surface area contributed by atoms with Crippen molar-refractivity contribution in [3.8, 4) is 0 Å². The topological polar surface area (TPSA) is 65.9 Å². The van der Waals surface area contributed by atoms with Crippen molar-refractivity contribution in [1.82, 2.24) is 10.6 Å². The number of nitrogens with zero attached hydrogens (tertiary/aromatic N) is 1. The van der Waals surface area contributed by atoms with Crippen molar-refractivity contribution in [2.75, 3.05) is 32.8 Å². The van der Waals surface area contributed by atoms with Gasteiger partial charge in [-0.25, -0.2) is 0 Å². The Bertz CT molecular complexity index is 488. The molecule has 1 aromatic heterocycles. The highest BCUT2D eigenvalue weighted by Gasteiger charge is 2.33. The Morgan fingerprint density at radius 3 is 2.81 bits per heavy atom. The molecular formula is C14H22ClN3O2S. The second-order valence-electron chi connectivity index (χ2n) is 5.54. The average molecular weight is 332 g/mol. The second-order valence-corrected chi connectivity index (χ2v) is 7.28. The lowest BCUT2D eigenvalue weighted by atomic mass is 9.89. The molecule has 5 nitrogen and oxygen atoms in total. The fraction of sp³-hybridized carbons (Fsp3) is 0.643. The number of rotatable bonds is 6. The number of aliphatic hydroxyl groups excluding tert-OH is 1. The van der Waals surface area contributed by atoms with E-state index in [1.807, 2.05) is 13.0 Å². The molecular weight excluding hydrogens is 310 g/mol. The van der Waals surface area contributed by atoms with E-state index in [0.29, 0.717) is 23.4 Å². The molecule has 0 amide bonds. The van der Waals surface area contributed by atoms with E-state index in [1.165, 1.54) is 11.3 Å². The Morgan fingerprint density at radius 2 is 2.29 bits per heavy atom. The van der Waals surface area contributed by atoms with E-state index in [4.69, 9.17) is 16.3 Å². The number of hydrogen-bond acceptors (Lipinski definition) is 4. The van der Waals surface area contributed by atoms with Gasteiger partial charge in [-0.3, -0.25) is 4.99 Å². The Hall–Kier alpha value is -0.820. The third-order valence-corrected chi connectivity index (χ3v) is 4.58. The van der Waals surface area contributed by atoms with Crippen molar-refractivity contribution in [3.63, 3.8) is 0 Å². The molecule has 0 bridgehead atoms. The third kappa shape index (κ3) is 4.85. The van der Waals surface area contributed by atoms with Crippen molar-refractivity contribution in [3.05, 3.63) is 21.3 Å². The lowest BCUT2D eigenvalue weighted by Crippen LogP contribution is -2.45. The number of aliphatic hydroxyl groups is 1. The first-order valence-electron chi connectivity index (χ1n) is 7.06. The zero-order valence-electron chi connectivity index (χ0n) is 12.4. The minimum Gasteiger partial charge on any atom is -0.386 e. The molecule has 1 fully saturated rings. The molecule has 7 heteroatoms. The minimum atomic E-state index is -0.589. The second kappa shape index (κ2) is 7.45. The molecule has 1 atom stereocenters. The molecule has 0 radical (unpaired) electrons. The fourth-order valence-corrected chi connectivity index (χ4v) is 3.00. The maximum atomic E-state index is 10.1. The van der Waals surface area contributed by atoms with Gasteiger partial charge in [0.15, 0.2) is 5.96 Å². The normalized spacial score (nSPS) is 19.0. The van der Waals surface area contributed by atoms with Gasteiger partial charge in [0.05, 0.1) is 24.1 Å². The molecule has 2 rings (SSSR count). The van der Waals surface area contributed by atoms with Crippen LogP contribution in [-0.2, 0) is 4.74 Å². The summed E-state index contributed by atoms with van der Waals surface area (Å²) in [5, 5.41) is 16.5. The van der Waals surface area contributed by atoms with Gasteiger partial charge in [0.1, 0.15) is 6.10 Å². The number of aliphatic imine (C=N–C) groups is 1. The van der Waals surface area contributed by atoms with Crippen LogP contribution in [0.2, 0.25) is 4.34 Å². The van der Waals surface area contributed by atoms with Crippen LogP contribution in [0.25, 0.3) is 0 Å². The molecule has 2 heterocycles. The van der Waals surface area contributed by atoms with E-state index >= 15 is 0 Å². The standard InChI is InChI=1S/C14H22ClN3O2S/c1-3-16-13(18-7-14(2)8-20-9-14)17-6-10(19)11-4-5-12(15)21-11/h4-5,10,19H,3,6-9H2,1-2H3,(H2,16,17,18). The van der Waals surface area contributed by atoms with E-state index in [2.05, 4.69) is 22.5 Å². The lowest BCUT2D eigenvalue weighted by Gasteiger charge is -2.36. The van der Waals surface area contributed by atoms with Crippen molar-refractivity contribution in [2.45, 2.75) is 20.0 Å². The van der Waals surface area contributed by atoms with Crippen LogP contribution < -0.4 is 10.6 Å². The van der Waals surface area contributed by atoms with Gasteiger partial charge in [-0.1, -0.05) is 18.5 Å². The molecule has 1 aliphatic rings. The van der Waals surface area contributed by atoms with Crippen LogP contribution in [0.4, 0.5) is 0 Å². The molecule has 0 aromatic carbocycles. The first-order chi connectivity index (χ1) is 10.0. The van der Waals surface area contributed by atoms with Gasteiger partial charge in [0, 0.05) is 23.4 Å². The Balaban J connectivity index is 1.85. The van der Waals surface area contributed by atoms with Crippen LogP contribution in [-0.4, -0.2) is 43.9 Å². The summed E-state index contributed by atoms with van der Waals surface area (Å²) in [5.74, 6) is 0.715. The van der Waals surface area contributed by atoms with Crippen molar-refractivity contribution in [1.29, 1.82) is 0 Å². The predicted octanol–water partition coefficient (Wildman–Crippen LogP) is 2.03. The largest absolute Gasteiger partial charge is 0.386 e. The molecule has 21 heavy (non-hydrogen) atoms. The SMILES string of the molecule is CCNC(=NCC1(C)COC1)NCC(O)c1ccc(Cl)s1. The zero-order chi connectivity index (χ0) is 15.3. The molecule has 1 saturated heterocycles. The van der Waals surface area contributed by atoms with Gasteiger partial charge in [0.25, 0.3) is 0 Å². The maximum Gasteiger partial charge on any atom is 0.191 e. The number of guanidine groups is 1. The Labute approximate surface area is 134 Å². The fourth-order valence-electron chi connectivity index (χ4n) is 1.95. The van der Waals surface area contributed by atoms with E-state index in [9.17, 15) is 5.11 Å². The highest BCUT2D eigenvalue weighted by atomic mass is 35.5. The zero-order valence-corrected chi connectivity index (χ0v) is 13.9. The summed E-state index contributed by atoms with van der Waals surface area (Å²) in [5.41, 5.74) is 0.141. The van der Waals surface area contributed by atoms with E-state index in [0.717, 1.165) is 24.6 Å². The van der Waals surface area contributed by atoms with Crippen LogP contribution in [0.1, 0.15) is 24.8 Å². The van der Waals surface area contributed by atoms with Gasteiger partial charge in [0.2, 0.25) is 0 Å². The minimum absolute atomic E-state index is 0.141. The van der Waals surface area contributed by atoms with Gasteiger partial charge in [-0.2, -0.15) is 0 Å². The molecule has 0 spiro atoms. The maximum absolute atomic E-state index is 10.1. The van der Waals surface area contributed by atoms with Gasteiger partial charge < -0.3 is 20.5 Å². The third-order valence-electron chi connectivity index (χ3n) is 3.25. The molecule has 1 unspecified atom stereocenters. The first kappa shape index (κ1) is 16.5. The van der Waals surface area contributed by atoms with Gasteiger partial charge in [-0.15, -0.1) is 11.3 Å². The van der Waals surface area contributed by atoms with Crippen molar-refractivity contribution in [2.24, 2.45) is 10.4 Å². The summed E-state index contributed by atoms with van der Waals surface area (Å²) in [6.45, 7) is 7.57. The van der Waals surface area contributed by atoms with E-state index in [-0.39, 0.29) is 5.41 Å². The highest BCUT2D eigenvalue weighted by Crippen LogP contribution is 2.27. The first-order valence-corrected chi connectivity index (χ1v) is 8.25. The molecule has 0 saturated carbocycles. The average Bonchev–Trinajstić information content (AvgIpc) is 2.86. The summed E-state index contributed by atoms with van der Waals surface area (Å²) in [7, 11) is 0. The van der Waals surface area contributed by atoms with Crippen LogP contribution in [0, 0.1) is 5.41 Å². The number of thiophene rings is 1. The Kier molecular flexibility index (Phi) is 5.87. The van der Waals surface area contributed by atoms with Crippen LogP contribution in [0.15, 0.2) is 17.1 Å².